The molecular formula is C18H24N2O4S. The second-order valence-electron chi connectivity index (χ2n) is 5.55. The van der Waals surface area contributed by atoms with E-state index in [9.17, 15) is 4.79 Å². The highest BCUT2D eigenvalue weighted by molar-refractivity contribution is 7.80. The van der Waals surface area contributed by atoms with E-state index in [-0.39, 0.29) is 0 Å². The van der Waals surface area contributed by atoms with Gasteiger partial charge in [0.15, 0.2) is 16.6 Å². The van der Waals surface area contributed by atoms with Crippen LogP contribution in [0.5, 0.6) is 11.5 Å². The Labute approximate surface area is 153 Å². The first kappa shape index (κ1) is 19.1. The van der Waals surface area contributed by atoms with Crippen molar-refractivity contribution in [1.29, 1.82) is 0 Å². The van der Waals surface area contributed by atoms with E-state index < -0.39 is 12.0 Å². The number of ether oxygens (including phenoxy) is 3. The normalized spacial score (nSPS) is 16.8. The van der Waals surface area contributed by atoms with Gasteiger partial charge in [-0.15, -0.1) is 0 Å². The predicted molar refractivity (Wildman–Crippen MR) is 99.7 cm³/mol. The minimum Gasteiger partial charge on any atom is -0.490 e. The van der Waals surface area contributed by atoms with E-state index in [1.807, 2.05) is 32.0 Å². The van der Waals surface area contributed by atoms with Gasteiger partial charge in [0.25, 0.3) is 0 Å². The van der Waals surface area contributed by atoms with Gasteiger partial charge in [0.1, 0.15) is 0 Å². The number of rotatable bonds is 7. The molecule has 0 saturated heterocycles. The van der Waals surface area contributed by atoms with Crippen LogP contribution in [0.4, 0.5) is 0 Å². The van der Waals surface area contributed by atoms with Crippen LogP contribution in [0.3, 0.4) is 0 Å². The summed E-state index contributed by atoms with van der Waals surface area (Å²) in [5, 5.41) is 6.55. The summed E-state index contributed by atoms with van der Waals surface area (Å²) in [5.74, 6) is 0.917. The summed E-state index contributed by atoms with van der Waals surface area (Å²) in [6.45, 7) is 6.89. The van der Waals surface area contributed by atoms with Crippen LogP contribution < -0.4 is 20.1 Å². The van der Waals surface area contributed by atoms with Crippen molar-refractivity contribution in [2.75, 3.05) is 20.3 Å². The van der Waals surface area contributed by atoms with Gasteiger partial charge in [-0.05, 0) is 50.2 Å². The maximum Gasteiger partial charge on any atom is 0.337 e. The Morgan fingerprint density at radius 3 is 2.64 bits per heavy atom. The maximum atomic E-state index is 12.2. The van der Waals surface area contributed by atoms with Crippen LogP contribution >= 0.6 is 12.2 Å². The minimum absolute atomic E-state index is 0.408. The van der Waals surface area contributed by atoms with Crippen molar-refractivity contribution >= 4 is 23.3 Å². The van der Waals surface area contributed by atoms with E-state index in [0.717, 1.165) is 12.0 Å². The van der Waals surface area contributed by atoms with Crippen molar-refractivity contribution < 1.29 is 19.0 Å². The lowest BCUT2D eigenvalue weighted by Gasteiger charge is -2.30. The van der Waals surface area contributed by atoms with Gasteiger partial charge in [0.05, 0.1) is 31.9 Å². The molecule has 2 rings (SSSR count). The highest BCUT2D eigenvalue weighted by Gasteiger charge is 2.31. The smallest absolute Gasteiger partial charge is 0.337 e. The molecule has 0 radical (unpaired) electrons. The van der Waals surface area contributed by atoms with Gasteiger partial charge in [-0.25, -0.2) is 4.79 Å². The molecule has 0 fully saturated rings. The van der Waals surface area contributed by atoms with E-state index in [0.29, 0.717) is 41.1 Å². The number of carbonyl (C=O) groups excluding carboxylic acids is 1. The lowest BCUT2D eigenvalue weighted by Crippen LogP contribution is -2.45. The summed E-state index contributed by atoms with van der Waals surface area (Å²) in [7, 11) is 1.36. The summed E-state index contributed by atoms with van der Waals surface area (Å²) < 4.78 is 16.4. The Hall–Kier alpha value is -2.28. The zero-order valence-electron chi connectivity index (χ0n) is 15.0. The van der Waals surface area contributed by atoms with E-state index in [1.165, 1.54) is 7.11 Å². The van der Waals surface area contributed by atoms with Gasteiger partial charge in [0.2, 0.25) is 0 Å². The Bertz CT molecular complexity index is 688. The fourth-order valence-electron chi connectivity index (χ4n) is 2.63. The third-order valence-corrected chi connectivity index (χ3v) is 3.96. The molecule has 0 saturated carbocycles. The molecule has 1 aromatic rings. The number of esters is 1. The summed E-state index contributed by atoms with van der Waals surface area (Å²) in [6, 6.07) is 5.21. The number of hydrogen-bond acceptors (Lipinski definition) is 5. The molecule has 1 aromatic carbocycles. The van der Waals surface area contributed by atoms with Crippen molar-refractivity contribution in [3.8, 4) is 11.5 Å². The molecule has 0 aliphatic carbocycles. The van der Waals surface area contributed by atoms with E-state index in [2.05, 4.69) is 10.6 Å². The Kier molecular flexibility index (Phi) is 6.64. The molecule has 0 aromatic heterocycles. The number of methoxy groups -OCH3 is 1. The van der Waals surface area contributed by atoms with Gasteiger partial charge in [0, 0.05) is 5.70 Å². The summed E-state index contributed by atoms with van der Waals surface area (Å²) in [5.41, 5.74) is 2.00. The third-order valence-electron chi connectivity index (χ3n) is 3.74. The number of carbonyl (C=O) groups is 1. The van der Waals surface area contributed by atoms with Crippen LogP contribution in [0.2, 0.25) is 0 Å². The van der Waals surface area contributed by atoms with Gasteiger partial charge in [-0.1, -0.05) is 13.0 Å². The quantitative estimate of drug-likeness (QED) is 0.569. The lowest BCUT2D eigenvalue weighted by molar-refractivity contribution is -0.136. The van der Waals surface area contributed by atoms with E-state index in [1.54, 1.807) is 6.92 Å². The summed E-state index contributed by atoms with van der Waals surface area (Å²) in [4.78, 5) is 12.2. The van der Waals surface area contributed by atoms with E-state index in [4.69, 9.17) is 26.4 Å². The van der Waals surface area contributed by atoms with Crippen molar-refractivity contribution in [2.24, 2.45) is 0 Å². The molecule has 1 atom stereocenters. The van der Waals surface area contributed by atoms with Gasteiger partial charge in [-0.3, -0.25) is 0 Å². The fraction of sp³-hybridized carbons (Fsp3) is 0.444. The van der Waals surface area contributed by atoms with Crippen LogP contribution in [0, 0.1) is 0 Å². The average molecular weight is 364 g/mol. The van der Waals surface area contributed by atoms with E-state index >= 15 is 0 Å². The standard InChI is InChI=1S/C18H24N2O4S/c1-5-9-24-13-8-7-12(10-14(13)23-6-2)16-15(17(21)22-4)11(3)19-18(25)20-16/h7-8,10,16H,5-6,9H2,1-4H3,(H2,19,20,25). The van der Waals surface area contributed by atoms with Crippen molar-refractivity contribution in [1.82, 2.24) is 10.6 Å². The van der Waals surface area contributed by atoms with Crippen LogP contribution in [-0.2, 0) is 9.53 Å². The molecule has 2 N–H and O–H groups in total. The maximum absolute atomic E-state index is 12.2. The molecule has 7 heteroatoms. The molecule has 0 spiro atoms. The number of benzene rings is 1. The molecular weight excluding hydrogens is 340 g/mol. The summed E-state index contributed by atoms with van der Waals surface area (Å²) in [6.07, 6.45) is 0.909. The van der Waals surface area contributed by atoms with Crippen LogP contribution in [-0.4, -0.2) is 31.4 Å². The zero-order valence-corrected chi connectivity index (χ0v) is 15.8. The molecule has 6 nitrogen and oxygen atoms in total. The Balaban J connectivity index is 2.43. The number of thiocarbonyl (C=S) groups is 1. The first-order valence-electron chi connectivity index (χ1n) is 8.27. The molecule has 1 unspecified atom stereocenters. The first-order valence-corrected chi connectivity index (χ1v) is 8.68. The molecule has 1 aliphatic heterocycles. The number of hydrogen-bond donors (Lipinski definition) is 2. The zero-order chi connectivity index (χ0) is 18.4. The molecule has 0 amide bonds. The largest absolute Gasteiger partial charge is 0.490 e. The molecule has 136 valence electrons. The minimum atomic E-state index is -0.416. The molecule has 1 heterocycles. The number of nitrogens with one attached hydrogen (secondary N) is 2. The third kappa shape index (κ3) is 4.42. The highest BCUT2D eigenvalue weighted by atomic mass is 32.1. The lowest BCUT2D eigenvalue weighted by atomic mass is 9.95. The Morgan fingerprint density at radius 1 is 1.24 bits per heavy atom. The fourth-order valence-corrected chi connectivity index (χ4v) is 2.90. The van der Waals surface area contributed by atoms with Crippen molar-refractivity contribution in [3.05, 3.63) is 35.0 Å². The predicted octanol–water partition coefficient (Wildman–Crippen LogP) is 2.84. The number of allylic oxidation sites excluding steroid dienone is 1. The Morgan fingerprint density at radius 2 is 2.00 bits per heavy atom. The van der Waals surface area contributed by atoms with Crippen LogP contribution in [0.25, 0.3) is 0 Å². The molecule has 1 aliphatic rings. The second kappa shape index (κ2) is 8.71. The van der Waals surface area contributed by atoms with Gasteiger partial charge in [-0.2, -0.15) is 0 Å². The van der Waals surface area contributed by atoms with Crippen LogP contribution in [0.1, 0.15) is 38.8 Å². The van der Waals surface area contributed by atoms with Gasteiger partial charge < -0.3 is 24.8 Å². The van der Waals surface area contributed by atoms with Crippen molar-refractivity contribution in [2.45, 2.75) is 33.2 Å². The molecule has 0 bridgehead atoms. The first-order chi connectivity index (χ1) is 12.0. The molecule has 25 heavy (non-hydrogen) atoms. The SMILES string of the molecule is CCCOc1ccc(C2NC(=S)NC(C)=C2C(=O)OC)cc1OCC. The average Bonchev–Trinajstić information content (AvgIpc) is 2.59. The topological polar surface area (TPSA) is 68.8 Å². The summed E-state index contributed by atoms with van der Waals surface area (Å²) >= 11 is 5.24. The van der Waals surface area contributed by atoms with Crippen molar-refractivity contribution in [3.63, 3.8) is 0 Å². The monoisotopic (exact) mass is 364 g/mol. The van der Waals surface area contributed by atoms with Gasteiger partial charge >= 0.3 is 5.97 Å². The second-order valence-corrected chi connectivity index (χ2v) is 5.96. The highest BCUT2D eigenvalue weighted by Crippen LogP contribution is 2.34. The van der Waals surface area contributed by atoms with Crippen LogP contribution in [0.15, 0.2) is 29.5 Å².